The van der Waals surface area contributed by atoms with E-state index in [9.17, 15) is 18.0 Å². The molecule has 0 aromatic rings. The minimum Gasteiger partial charge on any atom is -0.480 e. The predicted molar refractivity (Wildman–Crippen MR) is 71.7 cm³/mol. The number of hydrogen-bond acceptors (Lipinski definition) is 4. The normalized spacial score (nSPS) is 16.2. The first kappa shape index (κ1) is 17.7. The number of rotatable bonds is 7. The van der Waals surface area contributed by atoms with Crippen LogP contribution in [0.5, 0.6) is 0 Å². The van der Waals surface area contributed by atoms with Crippen LogP contribution in [0.15, 0.2) is 0 Å². The van der Waals surface area contributed by atoms with E-state index in [0.717, 1.165) is 6.26 Å². The fraction of sp³-hybridized carbons (Fsp3) is 0.818. The summed E-state index contributed by atoms with van der Waals surface area (Å²) >= 11 is 0. The van der Waals surface area contributed by atoms with Gasteiger partial charge in [-0.25, -0.2) is 18.0 Å². The number of carboxylic acids is 1. The highest BCUT2D eigenvalue weighted by Gasteiger charge is 2.25. The molecular weight excluding hydrogens is 272 g/mol. The number of hydrogen-bond donors (Lipinski definition) is 3. The highest BCUT2D eigenvalue weighted by molar-refractivity contribution is 7.90. The highest BCUT2D eigenvalue weighted by atomic mass is 32.2. The minimum atomic E-state index is -3.19. The molecule has 0 rings (SSSR count). The fourth-order valence-electron chi connectivity index (χ4n) is 1.59. The Labute approximate surface area is 113 Å². The maximum atomic E-state index is 11.6. The summed E-state index contributed by atoms with van der Waals surface area (Å²) in [6, 6.07) is -2.25. The van der Waals surface area contributed by atoms with Gasteiger partial charge < -0.3 is 15.7 Å². The van der Waals surface area contributed by atoms with Crippen molar-refractivity contribution in [1.29, 1.82) is 0 Å². The van der Waals surface area contributed by atoms with Crippen LogP contribution < -0.4 is 10.6 Å². The molecule has 0 saturated heterocycles. The molecule has 3 N–H and O–H groups in total. The lowest BCUT2D eigenvalue weighted by Gasteiger charge is -2.21. The average molecular weight is 294 g/mol. The van der Waals surface area contributed by atoms with Crippen LogP contribution in [-0.2, 0) is 14.6 Å². The SMILES string of the molecule is CC[C@H](C)[C@H](NC(=O)NC(C)CS(C)(=O)=O)C(=O)O. The van der Waals surface area contributed by atoms with E-state index in [1.54, 1.807) is 13.8 Å². The summed E-state index contributed by atoms with van der Waals surface area (Å²) in [6.45, 7) is 5.09. The maximum Gasteiger partial charge on any atom is 0.326 e. The molecule has 0 aliphatic heterocycles. The second-order valence-corrected chi connectivity index (χ2v) is 7.00. The fourth-order valence-corrected chi connectivity index (χ4v) is 2.58. The lowest BCUT2D eigenvalue weighted by atomic mass is 9.99. The first-order valence-corrected chi connectivity index (χ1v) is 8.10. The predicted octanol–water partition coefficient (Wildman–Crippen LogP) is 0.218. The van der Waals surface area contributed by atoms with Crippen molar-refractivity contribution in [3.05, 3.63) is 0 Å². The van der Waals surface area contributed by atoms with Gasteiger partial charge in [0.2, 0.25) is 0 Å². The van der Waals surface area contributed by atoms with Gasteiger partial charge in [0.15, 0.2) is 0 Å². The van der Waals surface area contributed by atoms with Crippen molar-refractivity contribution in [2.24, 2.45) is 5.92 Å². The summed E-state index contributed by atoms with van der Waals surface area (Å²) in [7, 11) is -3.19. The third kappa shape index (κ3) is 7.66. The zero-order chi connectivity index (χ0) is 15.2. The number of nitrogens with one attached hydrogen (secondary N) is 2. The van der Waals surface area contributed by atoms with Crippen LogP contribution in [0.3, 0.4) is 0 Å². The lowest BCUT2D eigenvalue weighted by Crippen LogP contribution is -2.51. The smallest absolute Gasteiger partial charge is 0.326 e. The van der Waals surface area contributed by atoms with E-state index in [-0.39, 0.29) is 11.7 Å². The minimum absolute atomic E-state index is 0.193. The summed E-state index contributed by atoms with van der Waals surface area (Å²) in [5, 5.41) is 13.8. The van der Waals surface area contributed by atoms with Crippen LogP contribution >= 0.6 is 0 Å². The van der Waals surface area contributed by atoms with Gasteiger partial charge in [0.1, 0.15) is 15.9 Å². The van der Waals surface area contributed by atoms with E-state index in [0.29, 0.717) is 6.42 Å². The summed E-state index contributed by atoms with van der Waals surface area (Å²) in [5.74, 6) is -1.52. The molecule has 0 aliphatic carbocycles. The van der Waals surface area contributed by atoms with Gasteiger partial charge in [-0.15, -0.1) is 0 Å². The Bertz CT molecular complexity index is 421. The van der Waals surface area contributed by atoms with E-state index in [1.807, 2.05) is 6.92 Å². The van der Waals surface area contributed by atoms with Crippen LogP contribution in [0.25, 0.3) is 0 Å². The molecule has 0 saturated carbocycles. The van der Waals surface area contributed by atoms with Crippen LogP contribution in [-0.4, -0.2) is 49.6 Å². The molecular formula is C11H22N2O5S. The monoisotopic (exact) mass is 294 g/mol. The zero-order valence-corrected chi connectivity index (χ0v) is 12.5. The van der Waals surface area contributed by atoms with Gasteiger partial charge in [-0.05, 0) is 12.8 Å². The number of carboxylic acid groups (broad SMARTS) is 1. The molecule has 0 aliphatic rings. The highest BCUT2D eigenvalue weighted by Crippen LogP contribution is 2.07. The van der Waals surface area contributed by atoms with Crippen molar-refractivity contribution in [2.75, 3.05) is 12.0 Å². The van der Waals surface area contributed by atoms with Crippen molar-refractivity contribution in [3.8, 4) is 0 Å². The molecule has 0 bridgehead atoms. The molecule has 0 aromatic heterocycles. The van der Waals surface area contributed by atoms with Gasteiger partial charge in [0.25, 0.3) is 0 Å². The summed E-state index contributed by atoms with van der Waals surface area (Å²) < 4.78 is 22.1. The molecule has 19 heavy (non-hydrogen) atoms. The molecule has 0 radical (unpaired) electrons. The van der Waals surface area contributed by atoms with E-state index >= 15 is 0 Å². The second-order valence-electron chi connectivity index (χ2n) is 4.81. The van der Waals surface area contributed by atoms with Crippen molar-refractivity contribution >= 4 is 21.8 Å². The van der Waals surface area contributed by atoms with Crippen molar-refractivity contribution in [2.45, 2.75) is 39.3 Å². The number of carbonyl (C=O) groups excluding carboxylic acids is 1. The Morgan fingerprint density at radius 1 is 1.21 bits per heavy atom. The quantitative estimate of drug-likeness (QED) is 0.621. The number of amides is 2. The summed E-state index contributed by atoms with van der Waals surface area (Å²) in [5.41, 5.74) is 0. The average Bonchev–Trinajstić information content (AvgIpc) is 2.21. The summed E-state index contributed by atoms with van der Waals surface area (Å²) in [4.78, 5) is 22.6. The molecule has 0 aromatic carbocycles. The molecule has 0 fully saturated rings. The third-order valence-corrected chi connectivity index (χ3v) is 3.80. The molecule has 3 atom stereocenters. The second kappa shape index (κ2) is 7.32. The number of sulfone groups is 1. The van der Waals surface area contributed by atoms with E-state index < -0.39 is 33.9 Å². The molecule has 1 unspecified atom stereocenters. The van der Waals surface area contributed by atoms with Crippen LogP contribution in [0.1, 0.15) is 27.2 Å². The largest absolute Gasteiger partial charge is 0.480 e. The standard InChI is InChI=1S/C11H22N2O5S/c1-5-7(2)9(10(14)15)13-11(16)12-8(3)6-19(4,17)18/h7-9H,5-6H2,1-4H3,(H,14,15)(H2,12,13,16)/t7-,8?,9-/m0/s1. The molecule has 0 spiro atoms. The van der Waals surface area contributed by atoms with Crippen LogP contribution in [0.4, 0.5) is 4.79 Å². The Hall–Kier alpha value is -1.31. The Balaban J connectivity index is 4.47. The Morgan fingerprint density at radius 2 is 1.74 bits per heavy atom. The van der Waals surface area contributed by atoms with E-state index in [2.05, 4.69) is 10.6 Å². The third-order valence-electron chi connectivity index (χ3n) is 2.70. The Morgan fingerprint density at radius 3 is 2.11 bits per heavy atom. The Kier molecular flexibility index (Phi) is 6.82. The van der Waals surface area contributed by atoms with Crippen LogP contribution in [0, 0.1) is 5.92 Å². The van der Waals surface area contributed by atoms with Crippen LogP contribution in [0.2, 0.25) is 0 Å². The maximum absolute atomic E-state index is 11.6. The molecule has 0 heterocycles. The van der Waals surface area contributed by atoms with Gasteiger partial charge >= 0.3 is 12.0 Å². The van der Waals surface area contributed by atoms with Gasteiger partial charge in [0, 0.05) is 12.3 Å². The number of carbonyl (C=O) groups is 2. The molecule has 7 nitrogen and oxygen atoms in total. The zero-order valence-electron chi connectivity index (χ0n) is 11.6. The molecule has 2 amide bonds. The number of urea groups is 1. The number of aliphatic carboxylic acids is 1. The van der Waals surface area contributed by atoms with Gasteiger partial charge in [0.05, 0.1) is 5.75 Å². The molecule has 8 heteroatoms. The molecule has 112 valence electrons. The summed E-state index contributed by atoms with van der Waals surface area (Å²) in [6.07, 6.45) is 1.68. The van der Waals surface area contributed by atoms with Crippen molar-refractivity contribution in [1.82, 2.24) is 10.6 Å². The van der Waals surface area contributed by atoms with Crippen molar-refractivity contribution < 1.29 is 23.1 Å². The van der Waals surface area contributed by atoms with E-state index in [4.69, 9.17) is 5.11 Å². The van der Waals surface area contributed by atoms with Gasteiger partial charge in [-0.2, -0.15) is 0 Å². The van der Waals surface area contributed by atoms with Gasteiger partial charge in [-0.1, -0.05) is 20.3 Å². The van der Waals surface area contributed by atoms with Gasteiger partial charge in [-0.3, -0.25) is 0 Å². The van der Waals surface area contributed by atoms with Crippen molar-refractivity contribution in [3.63, 3.8) is 0 Å². The van der Waals surface area contributed by atoms with E-state index in [1.165, 1.54) is 0 Å². The first-order chi connectivity index (χ1) is 8.56. The lowest BCUT2D eigenvalue weighted by molar-refractivity contribution is -0.140. The topological polar surface area (TPSA) is 113 Å². The first-order valence-electron chi connectivity index (χ1n) is 6.04.